The minimum absolute atomic E-state index is 0.468. The first-order valence-corrected chi connectivity index (χ1v) is 7.66. The third-order valence-electron chi connectivity index (χ3n) is 3.94. The van der Waals surface area contributed by atoms with Crippen LogP contribution < -0.4 is 10.1 Å². The van der Waals surface area contributed by atoms with Crippen LogP contribution in [-0.4, -0.2) is 42.2 Å². The van der Waals surface area contributed by atoms with Crippen molar-refractivity contribution in [2.45, 2.75) is 51.7 Å². The predicted molar refractivity (Wildman–Crippen MR) is 82.0 cm³/mol. The van der Waals surface area contributed by atoms with Crippen LogP contribution in [-0.2, 0) is 6.54 Å². The van der Waals surface area contributed by atoms with Gasteiger partial charge in [0.1, 0.15) is 5.75 Å². The molecular formula is C16H27N3O. The maximum absolute atomic E-state index is 5.97. The molecule has 0 spiro atoms. The summed E-state index contributed by atoms with van der Waals surface area (Å²) < 4.78 is 5.97. The fraction of sp³-hybridized carbons (Fsp3) is 0.688. The summed E-state index contributed by atoms with van der Waals surface area (Å²) in [7, 11) is 2.21. The van der Waals surface area contributed by atoms with Crippen LogP contribution in [0.5, 0.6) is 5.75 Å². The Hall–Kier alpha value is -1.13. The lowest BCUT2D eigenvalue weighted by molar-refractivity contribution is 0.231. The zero-order valence-corrected chi connectivity index (χ0v) is 12.9. The lowest BCUT2D eigenvalue weighted by Gasteiger charge is -2.20. The van der Waals surface area contributed by atoms with Crippen LogP contribution in [0, 0.1) is 0 Å². The van der Waals surface area contributed by atoms with E-state index in [0.29, 0.717) is 12.1 Å². The molecule has 0 radical (unpaired) electrons. The minimum Gasteiger partial charge on any atom is -0.493 e. The average Bonchev–Trinajstić information content (AvgIpc) is 2.83. The quantitative estimate of drug-likeness (QED) is 0.830. The second-order valence-corrected chi connectivity index (χ2v) is 5.93. The molecule has 0 bridgehead atoms. The Morgan fingerprint density at radius 3 is 3.05 bits per heavy atom. The van der Waals surface area contributed by atoms with E-state index in [1.165, 1.54) is 19.4 Å². The summed E-state index contributed by atoms with van der Waals surface area (Å²) in [5, 5.41) is 3.41. The number of hydrogen-bond donors (Lipinski definition) is 1. The van der Waals surface area contributed by atoms with Crippen molar-refractivity contribution in [3.63, 3.8) is 0 Å². The molecule has 20 heavy (non-hydrogen) atoms. The standard InChI is InChI=1S/C16H27N3O/c1-13(2)18-12-14-11-17-8-6-16(14)20-10-7-15-5-4-9-19(15)3/h6,8,11,13,15,18H,4-5,7,9-10,12H2,1-3H3. The van der Waals surface area contributed by atoms with Gasteiger partial charge in [-0.25, -0.2) is 0 Å². The molecule has 1 aliphatic rings. The Kier molecular flexibility index (Phi) is 5.80. The summed E-state index contributed by atoms with van der Waals surface area (Å²) in [6.45, 7) is 7.11. The number of nitrogens with one attached hydrogen (secondary N) is 1. The van der Waals surface area contributed by atoms with Crippen LogP contribution in [0.15, 0.2) is 18.5 Å². The Bertz CT molecular complexity index is 408. The molecule has 112 valence electrons. The molecule has 0 aliphatic carbocycles. The summed E-state index contributed by atoms with van der Waals surface area (Å²) in [5.41, 5.74) is 1.14. The van der Waals surface area contributed by atoms with Crippen LogP contribution in [0.2, 0.25) is 0 Å². The molecule has 4 heteroatoms. The second kappa shape index (κ2) is 7.60. The molecule has 0 aromatic carbocycles. The van der Waals surface area contributed by atoms with E-state index in [1.54, 1.807) is 6.20 Å². The lowest BCUT2D eigenvalue weighted by atomic mass is 10.1. The van der Waals surface area contributed by atoms with Crippen molar-refractivity contribution in [3.05, 3.63) is 24.0 Å². The van der Waals surface area contributed by atoms with E-state index < -0.39 is 0 Å². The lowest BCUT2D eigenvalue weighted by Crippen LogP contribution is -2.26. The molecule has 2 rings (SSSR count). The molecule has 1 atom stereocenters. The molecule has 1 N–H and O–H groups in total. The number of aromatic nitrogens is 1. The molecule has 4 nitrogen and oxygen atoms in total. The van der Waals surface area contributed by atoms with E-state index >= 15 is 0 Å². The van der Waals surface area contributed by atoms with E-state index in [9.17, 15) is 0 Å². The van der Waals surface area contributed by atoms with Gasteiger partial charge in [-0.15, -0.1) is 0 Å². The fourth-order valence-electron chi connectivity index (χ4n) is 2.65. The predicted octanol–water partition coefficient (Wildman–Crippen LogP) is 2.44. The highest BCUT2D eigenvalue weighted by Gasteiger charge is 2.20. The fourth-order valence-corrected chi connectivity index (χ4v) is 2.65. The summed E-state index contributed by atoms with van der Waals surface area (Å²) in [4.78, 5) is 6.63. The van der Waals surface area contributed by atoms with Crippen molar-refractivity contribution in [2.75, 3.05) is 20.2 Å². The zero-order valence-electron chi connectivity index (χ0n) is 12.9. The zero-order chi connectivity index (χ0) is 14.4. The van der Waals surface area contributed by atoms with E-state index in [-0.39, 0.29) is 0 Å². The van der Waals surface area contributed by atoms with Crippen molar-refractivity contribution in [1.29, 1.82) is 0 Å². The van der Waals surface area contributed by atoms with Gasteiger partial charge in [-0.3, -0.25) is 4.98 Å². The van der Waals surface area contributed by atoms with Gasteiger partial charge in [0.05, 0.1) is 6.61 Å². The first-order valence-electron chi connectivity index (χ1n) is 7.66. The van der Waals surface area contributed by atoms with E-state index in [4.69, 9.17) is 4.74 Å². The van der Waals surface area contributed by atoms with Crippen LogP contribution >= 0.6 is 0 Å². The molecule has 1 fully saturated rings. The highest BCUT2D eigenvalue weighted by atomic mass is 16.5. The van der Waals surface area contributed by atoms with Gasteiger partial charge in [0.25, 0.3) is 0 Å². The number of nitrogens with zero attached hydrogens (tertiary/aromatic N) is 2. The Morgan fingerprint density at radius 1 is 1.50 bits per heavy atom. The summed E-state index contributed by atoms with van der Waals surface area (Å²) in [6, 6.07) is 3.12. The SMILES string of the molecule is CC(C)NCc1cnccc1OCCC1CCCN1C. The number of pyridine rings is 1. The molecule has 1 aromatic rings. The summed E-state index contributed by atoms with van der Waals surface area (Å²) in [5.74, 6) is 0.966. The largest absolute Gasteiger partial charge is 0.493 e. The van der Waals surface area contributed by atoms with Gasteiger partial charge < -0.3 is 15.0 Å². The molecule has 1 aromatic heterocycles. The van der Waals surface area contributed by atoms with Crippen molar-refractivity contribution in [3.8, 4) is 5.75 Å². The van der Waals surface area contributed by atoms with Crippen molar-refractivity contribution in [1.82, 2.24) is 15.2 Å². The maximum Gasteiger partial charge on any atom is 0.126 e. The molecule has 1 aliphatic heterocycles. The van der Waals surface area contributed by atoms with Gasteiger partial charge in [0.15, 0.2) is 0 Å². The normalized spacial score (nSPS) is 19.7. The second-order valence-electron chi connectivity index (χ2n) is 5.93. The molecule has 2 heterocycles. The Morgan fingerprint density at radius 2 is 2.35 bits per heavy atom. The number of ether oxygens (including phenoxy) is 1. The molecule has 0 saturated carbocycles. The van der Waals surface area contributed by atoms with Crippen LogP contribution in [0.25, 0.3) is 0 Å². The van der Waals surface area contributed by atoms with E-state index in [0.717, 1.165) is 30.9 Å². The maximum atomic E-state index is 5.97. The third kappa shape index (κ3) is 4.46. The van der Waals surface area contributed by atoms with Crippen molar-refractivity contribution < 1.29 is 4.74 Å². The van der Waals surface area contributed by atoms with Gasteiger partial charge in [-0.05, 0) is 38.9 Å². The number of rotatable bonds is 7. The highest BCUT2D eigenvalue weighted by molar-refractivity contribution is 5.29. The van der Waals surface area contributed by atoms with Gasteiger partial charge >= 0.3 is 0 Å². The van der Waals surface area contributed by atoms with Crippen molar-refractivity contribution >= 4 is 0 Å². The first-order chi connectivity index (χ1) is 9.66. The molecule has 0 amide bonds. The Labute approximate surface area is 122 Å². The van der Waals surface area contributed by atoms with Gasteiger partial charge in [0, 0.05) is 36.6 Å². The summed E-state index contributed by atoms with van der Waals surface area (Å²) in [6.07, 6.45) is 7.43. The van der Waals surface area contributed by atoms with Gasteiger partial charge in [-0.1, -0.05) is 13.8 Å². The molecule has 1 unspecified atom stereocenters. The topological polar surface area (TPSA) is 37.4 Å². The van der Waals surface area contributed by atoms with E-state index in [2.05, 4.69) is 36.1 Å². The smallest absolute Gasteiger partial charge is 0.126 e. The monoisotopic (exact) mass is 277 g/mol. The molecule has 1 saturated heterocycles. The minimum atomic E-state index is 0.468. The van der Waals surface area contributed by atoms with Crippen LogP contribution in [0.4, 0.5) is 0 Å². The Balaban J connectivity index is 1.82. The van der Waals surface area contributed by atoms with Crippen LogP contribution in [0.3, 0.4) is 0 Å². The average molecular weight is 277 g/mol. The van der Waals surface area contributed by atoms with Crippen LogP contribution in [0.1, 0.15) is 38.7 Å². The van der Waals surface area contributed by atoms with Gasteiger partial charge in [-0.2, -0.15) is 0 Å². The highest BCUT2D eigenvalue weighted by Crippen LogP contribution is 2.20. The molecular weight excluding hydrogens is 250 g/mol. The number of likely N-dealkylation sites (tertiary alicyclic amines) is 1. The third-order valence-corrected chi connectivity index (χ3v) is 3.94. The van der Waals surface area contributed by atoms with Gasteiger partial charge in [0.2, 0.25) is 0 Å². The number of hydrogen-bond acceptors (Lipinski definition) is 4. The summed E-state index contributed by atoms with van der Waals surface area (Å²) >= 11 is 0. The van der Waals surface area contributed by atoms with Crippen molar-refractivity contribution in [2.24, 2.45) is 0 Å². The van der Waals surface area contributed by atoms with E-state index in [1.807, 2.05) is 12.3 Å². The first kappa shape index (κ1) is 15.3.